The number of likely N-dealkylation sites (tertiary alicyclic amines) is 1. The molecule has 1 fully saturated rings. The number of aliphatic hydroxyl groups is 1. The number of nitrogens with zero attached hydrogens (tertiary/aromatic N) is 4. The average Bonchev–Trinajstić information content (AvgIpc) is 2.89. The van der Waals surface area contributed by atoms with E-state index in [0.29, 0.717) is 6.04 Å². The molecule has 0 spiro atoms. The normalized spacial score (nSPS) is 25.1. The summed E-state index contributed by atoms with van der Waals surface area (Å²) < 4.78 is 2.10. The van der Waals surface area contributed by atoms with Crippen molar-refractivity contribution in [2.45, 2.75) is 31.5 Å². The molecular formula is C13H24N4O. The van der Waals surface area contributed by atoms with Gasteiger partial charge >= 0.3 is 0 Å². The van der Waals surface area contributed by atoms with Crippen LogP contribution in [-0.4, -0.2) is 70.3 Å². The molecule has 0 saturated carbocycles. The fraction of sp³-hybridized carbons (Fsp3) is 0.769. The van der Waals surface area contributed by atoms with Crippen LogP contribution >= 0.6 is 0 Å². The van der Waals surface area contributed by atoms with Gasteiger partial charge in [-0.15, -0.1) is 0 Å². The minimum atomic E-state index is -0.150. The summed E-state index contributed by atoms with van der Waals surface area (Å²) in [6.07, 6.45) is 7.53. The van der Waals surface area contributed by atoms with Gasteiger partial charge in [-0.3, -0.25) is 4.90 Å². The third-order valence-electron chi connectivity index (χ3n) is 3.50. The number of aryl methyl sites for hydroxylation is 1. The molecule has 2 rings (SSSR count). The van der Waals surface area contributed by atoms with Crippen molar-refractivity contribution in [2.75, 3.05) is 33.7 Å². The first-order valence-corrected chi connectivity index (χ1v) is 6.67. The molecule has 1 saturated heterocycles. The lowest BCUT2D eigenvalue weighted by atomic mass is 10.2. The molecule has 2 unspecified atom stereocenters. The molecule has 1 N–H and O–H groups in total. The first-order chi connectivity index (χ1) is 8.65. The molecule has 0 aromatic carbocycles. The highest BCUT2D eigenvalue weighted by Crippen LogP contribution is 2.18. The fourth-order valence-corrected chi connectivity index (χ4v) is 2.72. The van der Waals surface area contributed by atoms with Crippen LogP contribution in [0.25, 0.3) is 0 Å². The fourth-order valence-electron chi connectivity index (χ4n) is 2.72. The maximum Gasteiger partial charge on any atom is 0.0945 e. The number of imidazole rings is 1. The highest BCUT2D eigenvalue weighted by atomic mass is 16.3. The monoisotopic (exact) mass is 252 g/mol. The molecule has 102 valence electrons. The second kappa shape index (κ2) is 6.31. The lowest BCUT2D eigenvalue weighted by Gasteiger charge is -2.26. The van der Waals surface area contributed by atoms with Crippen LogP contribution in [-0.2, 0) is 6.54 Å². The second-order valence-corrected chi connectivity index (χ2v) is 5.45. The van der Waals surface area contributed by atoms with E-state index in [-0.39, 0.29) is 6.10 Å². The molecule has 2 heterocycles. The Hall–Kier alpha value is -0.910. The van der Waals surface area contributed by atoms with Gasteiger partial charge in [-0.25, -0.2) is 4.98 Å². The summed E-state index contributed by atoms with van der Waals surface area (Å²) in [4.78, 5) is 8.66. The van der Waals surface area contributed by atoms with Gasteiger partial charge in [0.2, 0.25) is 0 Å². The number of β-amino-alcohol motifs (C(OH)–C–C–N with tert-alkyl or cyclic N) is 1. The summed E-state index contributed by atoms with van der Waals surface area (Å²) in [6.45, 7) is 3.90. The zero-order valence-electron chi connectivity index (χ0n) is 11.4. The topological polar surface area (TPSA) is 44.5 Å². The molecule has 0 radical (unpaired) electrons. The van der Waals surface area contributed by atoms with Gasteiger partial charge in [-0.1, -0.05) is 0 Å². The van der Waals surface area contributed by atoms with E-state index in [1.807, 2.05) is 18.7 Å². The summed E-state index contributed by atoms with van der Waals surface area (Å²) in [5.74, 6) is 0. The van der Waals surface area contributed by atoms with E-state index in [0.717, 1.165) is 39.0 Å². The van der Waals surface area contributed by atoms with Crippen LogP contribution in [0.4, 0.5) is 0 Å². The van der Waals surface area contributed by atoms with Crippen LogP contribution in [0.2, 0.25) is 0 Å². The predicted molar refractivity (Wildman–Crippen MR) is 71.4 cm³/mol. The van der Waals surface area contributed by atoms with Crippen molar-refractivity contribution in [1.29, 1.82) is 0 Å². The molecule has 1 aromatic heterocycles. The number of rotatable bonds is 6. The Morgan fingerprint density at radius 1 is 1.39 bits per heavy atom. The number of aromatic nitrogens is 2. The summed E-state index contributed by atoms with van der Waals surface area (Å²) in [6, 6.07) is 0.498. The average molecular weight is 252 g/mol. The standard InChI is InChI=1S/C13H24N4O/c1-15(2)9-12-8-13(18)10-17(12)6-3-5-16-7-4-14-11-16/h4,7,11-13,18H,3,5-6,8-10H2,1-2H3. The molecule has 2 atom stereocenters. The van der Waals surface area contributed by atoms with Crippen LogP contribution in [0.15, 0.2) is 18.7 Å². The minimum absolute atomic E-state index is 0.150. The van der Waals surface area contributed by atoms with Gasteiger partial charge in [0.1, 0.15) is 0 Å². The summed E-state index contributed by atoms with van der Waals surface area (Å²) in [5, 5.41) is 9.79. The van der Waals surface area contributed by atoms with E-state index in [9.17, 15) is 5.11 Å². The third-order valence-corrected chi connectivity index (χ3v) is 3.50. The summed E-state index contributed by atoms with van der Waals surface area (Å²) in [5.41, 5.74) is 0. The van der Waals surface area contributed by atoms with Crippen molar-refractivity contribution in [3.05, 3.63) is 18.7 Å². The largest absolute Gasteiger partial charge is 0.392 e. The second-order valence-electron chi connectivity index (χ2n) is 5.45. The molecule has 18 heavy (non-hydrogen) atoms. The lowest BCUT2D eigenvalue weighted by molar-refractivity contribution is 0.171. The molecule has 0 aliphatic carbocycles. The highest BCUT2D eigenvalue weighted by Gasteiger charge is 2.30. The first kappa shape index (κ1) is 13.5. The summed E-state index contributed by atoms with van der Waals surface area (Å²) in [7, 11) is 4.18. The first-order valence-electron chi connectivity index (χ1n) is 6.67. The van der Waals surface area contributed by atoms with Gasteiger partial charge in [0.05, 0.1) is 12.4 Å². The predicted octanol–water partition coefficient (Wildman–Crippen LogP) is 0.270. The minimum Gasteiger partial charge on any atom is -0.392 e. The van der Waals surface area contributed by atoms with Gasteiger partial charge < -0.3 is 14.6 Å². The molecule has 1 aliphatic heterocycles. The van der Waals surface area contributed by atoms with Crippen LogP contribution in [0.5, 0.6) is 0 Å². The van der Waals surface area contributed by atoms with Gasteiger partial charge in [-0.05, 0) is 26.9 Å². The molecule has 0 amide bonds. The molecule has 5 heteroatoms. The van der Waals surface area contributed by atoms with E-state index < -0.39 is 0 Å². The van der Waals surface area contributed by atoms with Crippen LogP contribution in [0, 0.1) is 0 Å². The van der Waals surface area contributed by atoms with Crippen molar-refractivity contribution < 1.29 is 5.11 Å². The van der Waals surface area contributed by atoms with E-state index in [2.05, 4.69) is 33.4 Å². The third kappa shape index (κ3) is 3.80. The smallest absolute Gasteiger partial charge is 0.0945 e. The van der Waals surface area contributed by atoms with Gasteiger partial charge in [0.25, 0.3) is 0 Å². The molecule has 1 aliphatic rings. The van der Waals surface area contributed by atoms with Crippen LogP contribution in [0.1, 0.15) is 12.8 Å². The van der Waals surface area contributed by atoms with Crippen LogP contribution in [0.3, 0.4) is 0 Å². The Kier molecular flexibility index (Phi) is 4.74. The molecule has 5 nitrogen and oxygen atoms in total. The number of hydrogen-bond acceptors (Lipinski definition) is 4. The van der Waals surface area contributed by atoms with Crippen LogP contribution < -0.4 is 0 Å². The Bertz CT molecular complexity index is 339. The zero-order chi connectivity index (χ0) is 13.0. The lowest BCUT2D eigenvalue weighted by Crippen LogP contribution is -2.38. The van der Waals surface area contributed by atoms with Gasteiger partial charge in [-0.2, -0.15) is 0 Å². The zero-order valence-corrected chi connectivity index (χ0v) is 11.4. The van der Waals surface area contributed by atoms with Crippen molar-refractivity contribution in [1.82, 2.24) is 19.4 Å². The van der Waals surface area contributed by atoms with E-state index >= 15 is 0 Å². The Balaban J connectivity index is 1.76. The van der Waals surface area contributed by atoms with Gasteiger partial charge in [0.15, 0.2) is 0 Å². The number of likely N-dealkylation sites (N-methyl/N-ethyl adjacent to an activating group) is 1. The van der Waals surface area contributed by atoms with E-state index in [4.69, 9.17) is 0 Å². The maximum atomic E-state index is 9.79. The Morgan fingerprint density at radius 2 is 2.22 bits per heavy atom. The van der Waals surface area contributed by atoms with Crippen molar-refractivity contribution >= 4 is 0 Å². The molecule has 1 aromatic rings. The quantitative estimate of drug-likeness (QED) is 0.789. The van der Waals surface area contributed by atoms with Crippen molar-refractivity contribution in [2.24, 2.45) is 0 Å². The highest BCUT2D eigenvalue weighted by molar-refractivity contribution is 4.86. The van der Waals surface area contributed by atoms with Crippen molar-refractivity contribution in [3.63, 3.8) is 0 Å². The SMILES string of the molecule is CN(C)CC1CC(O)CN1CCCn1ccnc1. The maximum absolute atomic E-state index is 9.79. The Labute approximate surface area is 109 Å². The molecular weight excluding hydrogens is 228 g/mol. The number of hydrogen-bond donors (Lipinski definition) is 1. The van der Waals surface area contributed by atoms with Crippen molar-refractivity contribution in [3.8, 4) is 0 Å². The van der Waals surface area contributed by atoms with E-state index in [1.54, 1.807) is 0 Å². The summed E-state index contributed by atoms with van der Waals surface area (Å²) >= 11 is 0. The van der Waals surface area contributed by atoms with Gasteiger partial charge in [0, 0.05) is 44.6 Å². The molecule has 0 bridgehead atoms. The van der Waals surface area contributed by atoms with E-state index in [1.165, 1.54) is 0 Å². The Morgan fingerprint density at radius 3 is 2.89 bits per heavy atom. The number of aliphatic hydroxyl groups excluding tert-OH is 1.